The van der Waals surface area contributed by atoms with Gasteiger partial charge in [0.1, 0.15) is 0 Å². The molecule has 2 amide bonds. The quantitative estimate of drug-likeness (QED) is 0.282. The zero-order valence-corrected chi connectivity index (χ0v) is 18.7. The Morgan fingerprint density at radius 3 is 2.32 bits per heavy atom. The van der Waals surface area contributed by atoms with Gasteiger partial charge < -0.3 is 10.6 Å². The van der Waals surface area contributed by atoms with Gasteiger partial charge in [0.2, 0.25) is 5.95 Å². The van der Waals surface area contributed by atoms with E-state index in [0.717, 1.165) is 22.5 Å². The number of urea groups is 1. The molecule has 0 fully saturated rings. The van der Waals surface area contributed by atoms with Gasteiger partial charge in [0.15, 0.2) is 5.82 Å². The molecule has 8 nitrogen and oxygen atoms in total. The largest absolute Gasteiger partial charge is 0.324 e. The Kier molecular flexibility index (Phi) is 6.17. The smallest absolute Gasteiger partial charge is 0.322 e. The number of para-hydroxylation sites is 2. The van der Waals surface area contributed by atoms with E-state index in [1.54, 1.807) is 29.7 Å². The van der Waals surface area contributed by atoms with Crippen molar-refractivity contribution in [3.63, 3.8) is 0 Å². The lowest BCUT2D eigenvalue weighted by atomic mass is 10.1. The maximum absolute atomic E-state index is 12.6. The van der Waals surface area contributed by atoms with Gasteiger partial charge in [0.05, 0.1) is 22.8 Å². The number of hydrogen-bond donors (Lipinski definition) is 3. The van der Waals surface area contributed by atoms with Crippen molar-refractivity contribution in [1.82, 2.24) is 20.2 Å². The molecule has 0 aliphatic rings. The van der Waals surface area contributed by atoms with E-state index in [1.165, 1.54) is 0 Å². The molecule has 3 aromatic heterocycles. The van der Waals surface area contributed by atoms with Gasteiger partial charge in [-0.2, -0.15) is 11.3 Å². The second-order valence-corrected chi connectivity index (χ2v) is 7.98. The summed E-state index contributed by atoms with van der Waals surface area (Å²) < 4.78 is 0. The van der Waals surface area contributed by atoms with Crippen LogP contribution in [0.1, 0.15) is 0 Å². The van der Waals surface area contributed by atoms with Crippen LogP contribution < -0.4 is 16.0 Å². The Morgan fingerprint density at radius 1 is 0.735 bits per heavy atom. The number of carbonyl (C=O) groups excluding carboxylic acids is 1. The molecule has 0 spiro atoms. The Morgan fingerprint density at radius 2 is 1.56 bits per heavy atom. The van der Waals surface area contributed by atoms with E-state index in [0.29, 0.717) is 23.1 Å². The van der Waals surface area contributed by atoms with Crippen molar-refractivity contribution in [2.75, 3.05) is 16.0 Å². The summed E-state index contributed by atoms with van der Waals surface area (Å²) in [4.78, 5) is 21.5. The van der Waals surface area contributed by atoms with E-state index >= 15 is 0 Å². The van der Waals surface area contributed by atoms with Gasteiger partial charge in [0.25, 0.3) is 0 Å². The molecule has 0 aliphatic heterocycles. The number of carbonyl (C=O) groups is 1. The minimum atomic E-state index is -0.441. The van der Waals surface area contributed by atoms with Crippen molar-refractivity contribution in [1.29, 1.82) is 0 Å². The molecule has 5 rings (SSSR count). The molecule has 3 heterocycles. The molecule has 0 saturated heterocycles. The second kappa shape index (κ2) is 9.88. The molecule has 0 aliphatic carbocycles. The molecule has 34 heavy (non-hydrogen) atoms. The van der Waals surface area contributed by atoms with Crippen molar-refractivity contribution >= 4 is 40.5 Å². The number of benzene rings is 2. The zero-order valence-electron chi connectivity index (χ0n) is 17.8. The van der Waals surface area contributed by atoms with E-state index in [-0.39, 0.29) is 0 Å². The predicted octanol–water partition coefficient (Wildman–Crippen LogP) is 6.05. The fourth-order valence-electron chi connectivity index (χ4n) is 3.24. The van der Waals surface area contributed by atoms with Crippen LogP contribution in [0.25, 0.3) is 22.5 Å². The third-order valence-electron chi connectivity index (χ3n) is 4.87. The van der Waals surface area contributed by atoms with Gasteiger partial charge in [-0.1, -0.05) is 42.5 Å². The van der Waals surface area contributed by atoms with Crippen molar-refractivity contribution in [2.24, 2.45) is 0 Å². The first-order valence-corrected chi connectivity index (χ1v) is 11.4. The molecule has 166 valence electrons. The number of amides is 2. The van der Waals surface area contributed by atoms with E-state index in [1.807, 2.05) is 77.5 Å². The minimum absolute atomic E-state index is 0.342. The summed E-state index contributed by atoms with van der Waals surface area (Å²) in [6.45, 7) is 0. The molecule has 3 N–H and O–H groups in total. The number of aromatic nitrogens is 4. The lowest BCUT2D eigenvalue weighted by Gasteiger charge is -2.13. The van der Waals surface area contributed by atoms with Gasteiger partial charge in [-0.15, -0.1) is 10.2 Å². The van der Waals surface area contributed by atoms with Crippen LogP contribution in [0, 0.1) is 0 Å². The number of nitrogens with one attached hydrogen (secondary N) is 3. The Balaban J connectivity index is 1.27. The van der Waals surface area contributed by atoms with Gasteiger partial charge in [-0.3, -0.25) is 5.32 Å². The molecule has 0 atom stereocenters. The fourth-order valence-corrected chi connectivity index (χ4v) is 3.89. The maximum atomic E-state index is 12.6. The second-order valence-electron chi connectivity index (χ2n) is 7.20. The summed E-state index contributed by atoms with van der Waals surface area (Å²) in [5.41, 5.74) is 4.76. The lowest BCUT2D eigenvalue weighted by molar-refractivity contribution is 0.262. The molecule has 0 unspecified atom stereocenters. The van der Waals surface area contributed by atoms with Crippen LogP contribution in [0.4, 0.5) is 27.9 Å². The average Bonchev–Trinajstić information content (AvgIpc) is 3.42. The monoisotopic (exact) mass is 465 g/mol. The standard InChI is InChI=1S/C25H19N7OS/c33-25(30-23-11-10-20(31-32-23)17-6-2-1-3-7-17)29-22-9-5-4-8-21(22)28-24-26-14-12-19(27-24)18-13-15-34-16-18/h1-16H,(H,26,27,28)(H2,29,30,32,33). The first-order valence-electron chi connectivity index (χ1n) is 10.4. The summed E-state index contributed by atoms with van der Waals surface area (Å²) in [7, 11) is 0. The fraction of sp³-hybridized carbons (Fsp3) is 0. The van der Waals surface area contributed by atoms with Gasteiger partial charge in [-0.05, 0) is 41.8 Å². The van der Waals surface area contributed by atoms with Crippen LogP contribution in [0.3, 0.4) is 0 Å². The SMILES string of the molecule is O=C(Nc1ccc(-c2ccccc2)nn1)Nc1ccccc1Nc1nccc(-c2ccsc2)n1. The molecular formula is C25H19N7OS. The van der Waals surface area contributed by atoms with E-state index in [4.69, 9.17) is 0 Å². The molecule has 0 bridgehead atoms. The van der Waals surface area contributed by atoms with Crippen LogP contribution in [0.5, 0.6) is 0 Å². The first kappa shape index (κ1) is 21.2. The highest BCUT2D eigenvalue weighted by molar-refractivity contribution is 7.08. The molecule has 5 aromatic rings. The number of hydrogen-bond acceptors (Lipinski definition) is 7. The van der Waals surface area contributed by atoms with Crippen LogP contribution >= 0.6 is 11.3 Å². The van der Waals surface area contributed by atoms with Crippen LogP contribution in [-0.4, -0.2) is 26.2 Å². The van der Waals surface area contributed by atoms with Crippen molar-refractivity contribution < 1.29 is 4.79 Å². The van der Waals surface area contributed by atoms with Gasteiger partial charge in [0, 0.05) is 22.7 Å². The highest BCUT2D eigenvalue weighted by Gasteiger charge is 2.10. The topological polar surface area (TPSA) is 105 Å². The van der Waals surface area contributed by atoms with Crippen molar-refractivity contribution in [2.45, 2.75) is 0 Å². The first-order chi connectivity index (χ1) is 16.7. The average molecular weight is 466 g/mol. The number of rotatable bonds is 6. The number of thiophene rings is 1. The van der Waals surface area contributed by atoms with Crippen LogP contribution in [0.2, 0.25) is 0 Å². The Bertz CT molecular complexity index is 1390. The summed E-state index contributed by atoms with van der Waals surface area (Å²) >= 11 is 1.61. The Hall–Kier alpha value is -4.63. The summed E-state index contributed by atoms with van der Waals surface area (Å²) in [6, 6.07) is 24.0. The normalized spacial score (nSPS) is 10.5. The predicted molar refractivity (Wildman–Crippen MR) is 135 cm³/mol. The van der Waals surface area contributed by atoms with Crippen molar-refractivity contribution in [3.8, 4) is 22.5 Å². The van der Waals surface area contributed by atoms with E-state index in [9.17, 15) is 4.79 Å². The summed E-state index contributed by atoms with van der Waals surface area (Å²) in [5, 5.41) is 21.0. The molecule has 0 saturated carbocycles. The third-order valence-corrected chi connectivity index (χ3v) is 5.55. The zero-order chi connectivity index (χ0) is 23.2. The van der Waals surface area contributed by atoms with Gasteiger partial charge in [-0.25, -0.2) is 14.8 Å². The van der Waals surface area contributed by atoms with E-state index in [2.05, 4.69) is 36.1 Å². The number of nitrogens with zero attached hydrogens (tertiary/aromatic N) is 4. The maximum Gasteiger partial charge on any atom is 0.324 e. The Labute approximate surface area is 199 Å². The minimum Gasteiger partial charge on any atom is -0.322 e. The number of anilines is 4. The molecule has 0 radical (unpaired) electrons. The highest BCUT2D eigenvalue weighted by atomic mass is 32.1. The third kappa shape index (κ3) is 5.05. The van der Waals surface area contributed by atoms with E-state index < -0.39 is 6.03 Å². The van der Waals surface area contributed by atoms with Crippen LogP contribution in [0.15, 0.2) is 95.8 Å². The summed E-state index contributed by atoms with van der Waals surface area (Å²) in [5.74, 6) is 0.773. The summed E-state index contributed by atoms with van der Waals surface area (Å²) in [6.07, 6.45) is 1.70. The molecule has 9 heteroatoms. The lowest BCUT2D eigenvalue weighted by Crippen LogP contribution is -2.21. The molecular weight excluding hydrogens is 446 g/mol. The van der Waals surface area contributed by atoms with Crippen LogP contribution in [-0.2, 0) is 0 Å². The van der Waals surface area contributed by atoms with Gasteiger partial charge >= 0.3 is 6.03 Å². The van der Waals surface area contributed by atoms with Crippen molar-refractivity contribution in [3.05, 3.63) is 95.8 Å². The molecule has 2 aromatic carbocycles. The highest BCUT2D eigenvalue weighted by Crippen LogP contribution is 2.26.